The molecule has 1 saturated carbocycles. The molecule has 0 heterocycles. The molecule has 2 N–H and O–H groups in total. The zero-order chi connectivity index (χ0) is 49.3. The summed E-state index contributed by atoms with van der Waals surface area (Å²) in [4.78, 5) is 51.9. The van der Waals surface area contributed by atoms with Gasteiger partial charge in [0.25, 0.3) is 0 Å². The van der Waals surface area contributed by atoms with E-state index in [2.05, 4.69) is 24.5 Å². The van der Waals surface area contributed by atoms with E-state index in [9.17, 15) is 19.2 Å². The quantitative estimate of drug-likeness (QED) is 0.0456. The Hall–Kier alpha value is -2.20. The van der Waals surface area contributed by atoms with Gasteiger partial charge in [0, 0.05) is 64.6 Å². The maximum Gasteiger partial charge on any atom is 0.306 e. The third kappa shape index (κ3) is 39.2. The lowest BCUT2D eigenvalue weighted by atomic mass is 9.90. The van der Waals surface area contributed by atoms with Crippen LogP contribution in [0.3, 0.4) is 0 Å². The summed E-state index contributed by atoms with van der Waals surface area (Å²) in [6.45, 7) is 13.6. The molecule has 0 spiro atoms. The molecular weight excluding hydrogens is 841 g/mol. The van der Waals surface area contributed by atoms with Crippen molar-refractivity contribution >= 4 is 23.8 Å². The monoisotopic (exact) mass is 949 g/mol. The van der Waals surface area contributed by atoms with Gasteiger partial charge < -0.3 is 29.6 Å². The van der Waals surface area contributed by atoms with Crippen molar-refractivity contribution in [3.8, 4) is 0 Å². The zero-order valence-electron chi connectivity index (χ0n) is 45.0. The molecule has 2 amide bonds. The fourth-order valence-corrected chi connectivity index (χ4v) is 9.16. The van der Waals surface area contributed by atoms with Gasteiger partial charge in [-0.3, -0.25) is 19.2 Å². The standard InChI is InChI=1S/C57H108N2O8/c1-8-10-12-14-16-18-20-22-24-26-28-30-32-34-36-38-54(62)66-50-46-49(59-53(61)41-40-52(60)58-44-42-57(5,6)65-45-43-56(3,4)64-7)47-51(48-50)67-55(63)39-37-35-33-31-29-27-25-23-21-19-17-15-13-11-9-2/h49-51H,8-48H2,1-7H3,(H,58,60)(H,59,61). The SMILES string of the molecule is CCCCCCCCCCCCCCCCCC(=O)OC1CC(NC(=O)CCC(=O)NCCC(C)(C)OCCC(C)(C)OC)CC(OC(=O)CCCCCCCCCCCCCCCCC)C1. The molecule has 1 aliphatic rings. The van der Waals surface area contributed by atoms with Crippen molar-refractivity contribution in [2.75, 3.05) is 20.3 Å². The van der Waals surface area contributed by atoms with Crippen LogP contribution in [0.15, 0.2) is 0 Å². The Labute approximate surface area is 412 Å². The molecule has 0 aromatic heterocycles. The van der Waals surface area contributed by atoms with Crippen molar-refractivity contribution < 1.29 is 38.1 Å². The number of esters is 2. The van der Waals surface area contributed by atoms with Gasteiger partial charge in [0.05, 0.1) is 17.8 Å². The van der Waals surface area contributed by atoms with Crippen molar-refractivity contribution in [2.24, 2.45) is 0 Å². The Balaban J connectivity index is 2.48. The summed E-state index contributed by atoms with van der Waals surface area (Å²) < 4.78 is 23.5. The molecule has 2 atom stereocenters. The van der Waals surface area contributed by atoms with Crippen molar-refractivity contribution in [2.45, 2.75) is 321 Å². The number of methoxy groups -OCH3 is 1. The number of hydrogen-bond acceptors (Lipinski definition) is 8. The second-order valence-electron chi connectivity index (χ2n) is 21.5. The number of hydrogen-bond donors (Lipinski definition) is 2. The van der Waals surface area contributed by atoms with Crippen LogP contribution in [0.1, 0.15) is 292 Å². The van der Waals surface area contributed by atoms with E-state index in [-0.39, 0.29) is 48.2 Å². The minimum Gasteiger partial charge on any atom is -0.462 e. The number of nitrogens with one attached hydrogen (secondary N) is 2. The predicted octanol–water partition coefficient (Wildman–Crippen LogP) is 14.9. The van der Waals surface area contributed by atoms with Crippen molar-refractivity contribution in [3.63, 3.8) is 0 Å². The Morgan fingerprint density at radius 1 is 0.448 bits per heavy atom. The van der Waals surface area contributed by atoms with Crippen LogP contribution in [0.25, 0.3) is 0 Å². The maximum atomic E-state index is 13.1. The molecule has 2 unspecified atom stereocenters. The number of carbonyl (C=O) groups excluding carboxylic acids is 4. The van der Waals surface area contributed by atoms with Crippen LogP contribution in [-0.4, -0.2) is 73.5 Å². The Bertz CT molecular complexity index is 1170. The van der Waals surface area contributed by atoms with Crippen molar-refractivity contribution in [3.05, 3.63) is 0 Å². The van der Waals surface area contributed by atoms with Gasteiger partial charge in [-0.25, -0.2) is 0 Å². The fourth-order valence-electron chi connectivity index (χ4n) is 9.16. The number of ether oxygens (including phenoxy) is 4. The molecule has 0 saturated heterocycles. The fraction of sp³-hybridized carbons (Fsp3) is 0.930. The lowest BCUT2D eigenvalue weighted by Crippen LogP contribution is -2.46. The lowest BCUT2D eigenvalue weighted by Gasteiger charge is -2.34. The highest BCUT2D eigenvalue weighted by Gasteiger charge is 2.34. The number of carbonyl (C=O) groups is 4. The highest BCUT2D eigenvalue weighted by Crippen LogP contribution is 2.27. The van der Waals surface area contributed by atoms with E-state index in [4.69, 9.17) is 18.9 Å². The molecule has 1 fully saturated rings. The first-order chi connectivity index (χ1) is 32.3. The van der Waals surface area contributed by atoms with Crippen LogP contribution in [0.4, 0.5) is 0 Å². The molecule has 0 radical (unpaired) electrons. The summed E-state index contributed by atoms with van der Waals surface area (Å²) in [5.74, 6) is -0.874. The molecule has 0 aliphatic heterocycles. The van der Waals surface area contributed by atoms with E-state index in [1.54, 1.807) is 7.11 Å². The largest absolute Gasteiger partial charge is 0.462 e. The van der Waals surface area contributed by atoms with Gasteiger partial charge in [-0.05, 0) is 53.4 Å². The van der Waals surface area contributed by atoms with Crippen LogP contribution < -0.4 is 10.6 Å². The van der Waals surface area contributed by atoms with Crippen molar-refractivity contribution in [1.29, 1.82) is 0 Å². The summed E-state index contributed by atoms with van der Waals surface area (Å²) in [6.07, 6.45) is 40.8. The van der Waals surface area contributed by atoms with Crippen molar-refractivity contribution in [1.82, 2.24) is 10.6 Å². The first kappa shape index (κ1) is 62.8. The van der Waals surface area contributed by atoms with E-state index in [0.29, 0.717) is 51.7 Å². The topological polar surface area (TPSA) is 129 Å². The highest BCUT2D eigenvalue weighted by atomic mass is 16.6. The van der Waals surface area contributed by atoms with Crippen LogP contribution in [0.2, 0.25) is 0 Å². The Morgan fingerprint density at radius 3 is 1.18 bits per heavy atom. The van der Waals surface area contributed by atoms with Crippen LogP contribution in [0.5, 0.6) is 0 Å². The van der Waals surface area contributed by atoms with Gasteiger partial charge in [-0.2, -0.15) is 0 Å². The molecule has 10 nitrogen and oxygen atoms in total. The maximum absolute atomic E-state index is 13.1. The van der Waals surface area contributed by atoms with E-state index < -0.39 is 17.8 Å². The number of rotatable bonds is 46. The molecular formula is C57H108N2O8. The Kier molecular flexibility index (Phi) is 39.0. The molecule has 1 aliphatic carbocycles. The summed E-state index contributed by atoms with van der Waals surface area (Å²) in [6, 6.07) is -0.322. The minimum absolute atomic E-state index is 0.0433. The van der Waals surface area contributed by atoms with Crippen LogP contribution >= 0.6 is 0 Å². The molecule has 0 aromatic carbocycles. The molecule has 394 valence electrons. The van der Waals surface area contributed by atoms with Crippen LogP contribution in [0, 0.1) is 0 Å². The third-order valence-corrected chi connectivity index (χ3v) is 13.9. The van der Waals surface area contributed by atoms with Gasteiger partial charge in [0.15, 0.2) is 0 Å². The van der Waals surface area contributed by atoms with Gasteiger partial charge in [0.1, 0.15) is 12.2 Å². The van der Waals surface area contributed by atoms with E-state index in [0.717, 1.165) is 44.9 Å². The van der Waals surface area contributed by atoms with E-state index in [1.807, 2.05) is 27.7 Å². The second-order valence-corrected chi connectivity index (χ2v) is 21.5. The smallest absolute Gasteiger partial charge is 0.306 e. The average molecular weight is 949 g/mol. The van der Waals surface area contributed by atoms with Gasteiger partial charge in [-0.15, -0.1) is 0 Å². The molecule has 10 heteroatoms. The Morgan fingerprint density at radius 2 is 0.806 bits per heavy atom. The number of amides is 2. The first-order valence-corrected chi connectivity index (χ1v) is 28.4. The second kappa shape index (κ2) is 41.6. The number of unbranched alkanes of at least 4 members (excludes halogenated alkanes) is 28. The normalized spacial score (nSPS) is 16.5. The lowest BCUT2D eigenvalue weighted by molar-refractivity contribution is -0.160. The third-order valence-electron chi connectivity index (χ3n) is 13.9. The summed E-state index contributed by atoms with van der Waals surface area (Å²) in [5.41, 5.74) is -0.664. The molecule has 0 aromatic rings. The predicted molar refractivity (Wildman–Crippen MR) is 277 cm³/mol. The van der Waals surface area contributed by atoms with Crippen LogP contribution in [-0.2, 0) is 38.1 Å². The van der Waals surface area contributed by atoms with Gasteiger partial charge in [-0.1, -0.05) is 194 Å². The average Bonchev–Trinajstić information content (AvgIpc) is 3.28. The van der Waals surface area contributed by atoms with Gasteiger partial charge >= 0.3 is 11.9 Å². The summed E-state index contributed by atoms with van der Waals surface area (Å²) in [5, 5.41) is 6.00. The first-order valence-electron chi connectivity index (χ1n) is 28.4. The van der Waals surface area contributed by atoms with E-state index >= 15 is 0 Å². The summed E-state index contributed by atoms with van der Waals surface area (Å²) in [7, 11) is 1.70. The summed E-state index contributed by atoms with van der Waals surface area (Å²) >= 11 is 0. The zero-order valence-corrected chi connectivity index (χ0v) is 45.0. The molecule has 0 bridgehead atoms. The van der Waals surface area contributed by atoms with E-state index in [1.165, 1.54) is 154 Å². The molecule has 67 heavy (non-hydrogen) atoms. The molecule has 1 rings (SSSR count). The minimum atomic E-state index is -0.444. The van der Waals surface area contributed by atoms with Gasteiger partial charge in [0.2, 0.25) is 11.8 Å². The highest BCUT2D eigenvalue weighted by molar-refractivity contribution is 5.83.